The Hall–Kier alpha value is -2.19. The molecule has 0 saturated heterocycles. The summed E-state index contributed by atoms with van der Waals surface area (Å²) in [4.78, 5) is 37.3. The Balaban J connectivity index is 1.96. The highest BCUT2D eigenvalue weighted by Crippen LogP contribution is 2.20. The fourth-order valence-corrected chi connectivity index (χ4v) is 3.72. The molecule has 0 unspecified atom stereocenters. The van der Waals surface area contributed by atoms with Crippen molar-refractivity contribution in [3.05, 3.63) is 60.5 Å². The largest absolute Gasteiger partial charge is 0.331 e. The molecule has 3 rings (SSSR count). The number of thiophene rings is 1. The SMILES string of the molecule is CCn1c(=O)c2sccc2n(CC(=O)Nc2ccc(Br)c(C)c2)c1=O. The third-order valence-corrected chi connectivity index (χ3v) is 5.68. The smallest absolute Gasteiger partial charge is 0.325 e. The molecule has 0 radical (unpaired) electrons. The Morgan fingerprint density at radius 3 is 2.68 bits per heavy atom. The van der Waals surface area contributed by atoms with E-state index in [4.69, 9.17) is 0 Å². The summed E-state index contributed by atoms with van der Waals surface area (Å²) in [5.41, 5.74) is 1.36. The molecule has 0 fully saturated rings. The van der Waals surface area contributed by atoms with Crippen molar-refractivity contribution in [2.24, 2.45) is 0 Å². The number of carbonyl (C=O) groups is 1. The molecule has 0 aliphatic heterocycles. The number of benzene rings is 1. The average molecular weight is 422 g/mol. The maximum absolute atomic E-state index is 12.6. The summed E-state index contributed by atoms with van der Waals surface area (Å²) in [5.74, 6) is -0.322. The van der Waals surface area contributed by atoms with Gasteiger partial charge in [-0.25, -0.2) is 4.79 Å². The number of aryl methyl sites for hydroxylation is 1. The van der Waals surface area contributed by atoms with Gasteiger partial charge in [-0.3, -0.25) is 18.7 Å². The lowest BCUT2D eigenvalue weighted by Crippen LogP contribution is -2.40. The van der Waals surface area contributed by atoms with E-state index in [2.05, 4.69) is 21.2 Å². The monoisotopic (exact) mass is 421 g/mol. The molecule has 8 heteroatoms. The number of nitrogens with zero attached hydrogens (tertiary/aromatic N) is 2. The molecule has 3 aromatic rings. The number of hydrogen-bond acceptors (Lipinski definition) is 4. The predicted octanol–water partition coefficient (Wildman–Crippen LogP) is 2.95. The maximum atomic E-state index is 12.6. The Morgan fingerprint density at radius 2 is 2.00 bits per heavy atom. The number of aromatic nitrogens is 2. The van der Waals surface area contributed by atoms with Crippen molar-refractivity contribution in [1.29, 1.82) is 0 Å². The van der Waals surface area contributed by atoms with E-state index >= 15 is 0 Å². The minimum absolute atomic E-state index is 0.151. The van der Waals surface area contributed by atoms with E-state index in [0.29, 0.717) is 15.9 Å². The van der Waals surface area contributed by atoms with Gasteiger partial charge in [0.1, 0.15) is 11.2 Å². The van der Waals surface area contributed by atoms with Crippen molar-refractivity contribution in [3.63, 3.8) is 0 Å². The van der Waals surface area contributed by atoms with E-state index in [1.807, 2.05) is 19.1 Å². The summed E-state index contributed by atoms with van der Waals surface area (Å²) >= 11 is 4.69. The Bertz CT molecular complexity index is 1080. The molecule has 130 valence electrons. The van der Waals surface area contributed by atoms with Crippen LogP contribution in [0.15, 0.2) is 43.7 Å². The van der Waals surface area contributed by atoms with Crippen LogP contribution in [-0.4, -0.2) is 15.0 Å². The van der Waals surface area contributed by atoms with E-state index in [-0.39, 0.29) is 24.6 Å². The molecule has 1 aromatic carbocycles. The number of halogens is 1. The highest BCUT2D eigenvalue weighted by molar-refractivity contribution is 9.10. The van der Waals surface area contributed by atoms with E-state index in [1.165, 1.54) is 15.9 Å². The zero-order valence-electron chi connectivity index (χ0n) is 13.7. The van der Waals surface area contributed by atoms with Crippen LogP contribution >= 0.6 is 27.3 Å². The van der Waals surface area contributed by atoms with E-state index in [1.54, 1.807) is 24.4 Å². The van der Waals surface area contributed by atoms with Gasteiger partial charge in [0.15, 0.2) is 0 Å². The van der Waals surface area contributed by atoms with Gasteiger partial charge in [0.05, 0.1) is 5.52 Å². The summed E-state index contributed by atoms with van der Waals surface area (Å²) in [6, 6.07) is 7.17. The van der Waals surface area contributed by atoms with Crippen LogP contribution < -0.4 is 16.6 Å². The zero-order chi connectivity index (χ0) is 18.1. The minimum atomic E-state index is -0.472. The summed E-state index contributed by atoms with van der Waals surface area (Å²) in [6.45, 7) is 3.77. The molecule has 1 N–H and O–H groups in total. The Kier molecular flexibility index (Phi) is 4.91. The van der Waals surface area contributed by atoms with Crippen molar-refractivity contribution in [3.8, 4) is 0 Å². The van der Waals surface area contributed by atoms with Crippen LogP contribution in [0.5, 0.6) is 0 Å². The average Bonchev–Trinajstić information content (AvgIpc) is 3.05. The quantitative estimate of drug-likeness (QED) is 0.703. The van der Waals surface area contributed by atoms with Crippen LogP contribution in [0.2, 0.25) is 0 Å². The van der Waals surface area contributed by atoms with Crippen LogP contribution in [0.25, 0.3) is 10.2 Å². The van der Waals surface area contributed by atoms with Crippen LogP contribution in [0.1, 0.15) is 12.5 Å². The lowest BCUT2D eigenvalue weighted by molar-refractivity contribution is -0.116. The Labute approximate surface area is 155 Å². The molecule has 2 aromatic heterocycles. The predicted molar refractivity (Wildman–Crippen MR) is 104 cm³/mol. The summed E-state index contributed by atoms with van der Waals surface area (Å²) in [6.07, 6.45) is 0. The van der Waals surface area contributed by atoms with Crippen molar-refractivity contribution >= 4 is 49.1 Å². The van der Waals surface area contributed by atoms with Gasteiger partial charge in [-0.15, -0.1) is 11.3 Å². The second kappa shape index (κ2) is 6.97. The summed E-state index contributed by atoms with van der Waals surface area (Å²) in [5, 5.41) is 4.54. The topological polar surface area (TPSA) is 73.1 Å². The van der Waals surface area contributed by atoms with Gasteiger partial charge < -0.3 is 5.32 Å². The van der Waals surface area contributed by atoms with E-state index < -0.39 is 5.69 Å². The lowest BCUT2D eigenvalue weighted by Gasteiger charge is -2.12. The zero-order valence-corrected chi connectivity index (χ0v) is 16.1. The molecule has 2 heterocycles. The van der Waals surface area contributed by atoms with Crippen LogP contribution in [0.4, 0.5) is 5.69 Å². The third kappa shape index (κ3) is 3.32. The number of amides is 1. The van der Waals surface area contributed by atoms with E-state index in [0.717, 1.165) is 14.6 Å². The second-order valence-corrected chi connectivity index (χ2v) is 7.34. The highest BCUT2D eigenvalue weighted by atomic mass is 79.9. The molecule has 25 heavy (non-hydrogen) atoms. The van der Waals surface area contributed by atoms with Gasteiger partial charge in [0, 0.05) is 16.7 Å². The highest BCUT2D eigenvalue weighted by Gasteiger charge is 2.15. The van der Waals surface area contributed by atoms with E-state index in [9.17, 15) is 14.4 Å². The molecule has 0 spiro atoms. The van der Waals surface area contributed by atoms with Gasteiger partial charge in [-0.2, -0.15) is 0 Å². The maximum Gasteiger partial charge on any atom is 0.331 e. The molecule has 0 bridgehead atoms. The molecular weight excluding hydrogens is 406 g/mol. The van der Waals surface area contributed by atoms with Crippen molar-refractivity contribution in [1.82, 2.24) is 9.13 Å². The van der Waals surface area contributed by atoms with Crippen LogP contribution in [0, 0.1) is 6.92 Å². The first-order valence-corrected chi connectivity index (χ1v) is 9.36. The first kappa shape index (κ1) is 17.6. The number of rotatable bonds is 4. The van der Waals surface area contributed by atoms with Crippen LogP contribution in [0.3, 0.4) is 0 Å². The van der Waals surface area contributed by atoms with Crippen molar-refractivity contribution < 1.29 is 4.79 Å². The van der Waals surface area contributed by atoms with Crippen molar-refractivity contribution in [2.45, 2.75) is 26.9 Å². The molecular formula is C17H16BrN3O3S. The molecule has 0 atom stereocenters. The number of anilines is 1. The van der Waals surface area contributed by atoms with Gasteiger partial charge in [0.25, 0.3) is 5.56 Å². The molecule has 0 aliphatic rings. The van der Waals surface area contributed by atoms with Gasteiger partial charge >= 0.3 is 5.69 Å². The summed E-state index contributed by atoms with van der Waals surface area (Å²) in [7, 11) is 0. The van der Waals surface area contributed by atoms with Gasteiger partial charge in [-0.1, -0.05) is 15.9 Å². The molecule has 0 saturated carbocycles. The minimum Gasteiger partial charge on any atom is -0.325 e. The summed E-state index contributed by atoms with van der Waals surface area (Å²) < 4.78 is 3.93. The van der Waals surface area contributed by atoms with Gasteiger partial charge in [0.2, 0.25) is 5.91 Å². The molecule has 6 nitrogen and oxygen atoms in total. The number of hydrogen-bond donors (Lipinski definition) is 1. The fourth-order valence-electron chi connectivity index (χ4n) is 2.63. The second-order valence-electron chi connectivity index (χ2n) is 5.57. The fraction of sp³-hybridized carbons (Fsp3) is 0.235. The van der Waals surface area contributed by atoms with Crippen molar-refractivity contribution in [2.75, 3.05) is 5.32 Å². The Morgan fingerprint density at radius 1 is 1.24 bits per heavy atom. The first-order valence-electron chi connectivity index (χ1n) is 7.69. The standard InChI is InChI=1S/C17H16BrN3O3S/c1-3-20-16(23)15-13(6-7-25-15)21(17(20)24)9-14(22)19-11-4-5-12(18)10(2)8-11/h4-8H,3,9H2,1-2H3,(H,19,22). The van der Waals surface area contributed by atoms with Crippen LogP contribution in [-0.2, 0) is 17.9 Å². The molecule has 1 amide bonds. The molecule has 0 aliphatic carbocycles. The number of fused-ring (bicyclic) bond motifs is 1. The lowest BCUT2D eigenvalue weighted by atomic mass is 10.2. The normalized spacial score (nSPS) is 11.0. The first-order chi connectivity index (χ1) is 11.9. The third-order valence-electron chi connectivity index (χ3n) is 3.90. The number of carbonyl (C=O) groups excluding carboxylic acids is 1. The van der Waals surface area contributed by atoms with Gasteiger partial charge in [-0.05, 0) is 49.1 Å². The number of nitrogens with one attached hydrogen (secondary N) is 1.